The number of nitrogens with one attached hydrogen (secondary N) is 1. The van der Waals surface area contributed by atoms with Crippen LogP contribution < -0.4 is 10.2 Å². The second-order valence-corrected chi connectivity index (χ2v) is 15.3. The molecule has 4 unspecified atom stereocenters. The van der Waals surface area contributed by atoms with E-state index < -0.39 is 35.3 Å². The van der Waals surface area contributed by atoms with Crippen LogP contribution in [0.1, 0.15) is 46.6 Å². The summed E-state index contributed by atoms with van der Waals surface area (Å²) in [4.78, 5) is 47.3. The summed E-state index contributed by atoms with van der Waals surface area (Å²) in [6.07, 6.45) is 2.02. The fourth-order valence-corrected chi connectivity index (χ4v) is 8.17. The Morgan fingerprint density at radius 2 is 1.72 bits per heavy atom. The maximum atomic E-state index is 15.1. The molecular formula is C32H35Cl4N3O4. The molecule has 1 N–H and O–H groups in total. The molecule has 2 aromatic carbocycles. The number of esters is 1. The Morgan fingerprint density at radius 1 is 1.09 bits per heavy atom. The molecule has 3 heterocycles. The number of rotatable bonds is 6. The van der Waals surface area contributed by atoms with Crippen LogP contribution in [0.15, 0.2) is 43.0 Å². The zero-order chi connectivity index (χ0) is 31.6. The minimum absolute atomic E-state index is 0.0805. The molecule has 2 aromatic rings. The van der Waals surface area contributed by atoms with Crippen molar-refractivity contribution in [3.8, 4) is 0 Å². The van der Waals surface area contributed by atoms with E-state index in [9.17, 15) is 9.59 Å². The van der Waals surface area contributed by atoms with Crippen molar-refractivity contribution in [3.63, 3.8) is 0 Å². The monoisotopic (exact) mass is 665 g/mol. The van der Waals surface area contributed by atoms with E-state index in [0.717, 1.165) is 0 Å². The maximum absolute atomic E-state index is 15.1. The predicted molar refractivity (Wildman–Crippen MR) is 172 cm³/mol. The highest BCUT2D eigenvalue weighted by atomic mass is 35.5. The summed E-state index contributed by atoms with van der Waals surface area (Å²) in [6, 6.07) is 7.69. The SMILES string of the molecule is C=CCOC(=O)C1C(C(=O)N(CC(C)(C)C)c2cc(Cl)cc(Cl)c2)C2CC(C)(C)CN2C12C(=O)Nc1c(Cl)cc(Cl)cc12. The molecule has 0 aromatic heterocycles. The highest BCUT2D eigenvalue weighted by Crippen LogP contribution is 2.62. The normalized spacial score (nSPS) is 25.8. The van der Waals surface area contributed by atoms with Crippen molar-refractivity contribution < 1.29 is 19.1 Å². The summed E-state index contributed by atoms with van der Waals surface area (Å²) in [6.45, 7) is 14.6. The molecule has 5 rings (SSSR count). The number of carbonyl (C=O) groups excluding carboxylic acids is 3. The van der Waals surface area contributed by atoms with Gasteiger partial charge in [-0.25, -0.2) is 0 Å². The Balaban J connectivity index is 1.77. The van der Waals surface area contributed by atoms with Crippen LogP contribution in [0.2, 0.25) is 20.1 Å². The van der Waals surface area contributed by atoms with Gasteiger partial charge in [-0.05, 0) is 47.6 Å². The maximum Gasteiger partial charge on any atom is 0.312 e. The predicted octanol–water partition coefficient (Wildman–Crippen LogP) is 7.60. The zero-order valence-corrected chi connectivity index (χ0v) is 27.8. The smallest absolute Gasteiger partial charge is 0.312 e. The van der Waals surface area contributed by atoms with Gasteiger partial charge in [0, 0.05) is 45.5 Å². The summed E-state index contributed by atoms with van der Waals surface area (Å²) in [5.41, 5.74) is -0.856. The lowest BCUT2D eigenvalue weighted by molar-refractivity contribution is -0.157. The number of fused-ring (bicyclic) bond motifs is 4. The molecule has 1 spiro atoms. The van der Waals surface area contributed by atoms with Crippen LogP contribution in [0.4, 0.5) is 11.4 Å². The van der Waals surface area contributed by atoms with E-state index in [1.165, 1.54) is 6.08 Å². The van der Waals surface area contributed by atoms with Crippen LogP contribution >= 0.6 is 46.4 Å². The molecule has 7 nitrogen and oxygen atoms in total. The lowest BCUT2D eigenvalue weighted by Crippen LogP contribution is -2.54. The van der Waals surface area contributed by atoms with E-state index in [1.807, 2.05) is 25.7 Å². The van der Waals surface area contributed by atoms with Gasteiger partial charge in [-0.1, -0.05) is 93.7 Å². The van der Waals surface area contributed by atoms with E-state index >= 15 is 4.79 Å². The third-order valence-corrected chi connectivity index (χ3v) is 9.38. The Kier molecular flexibility index (Phi) is 8.41. The van der Waals surface area contributed by atoms with Gasteiger partial charge in [0.15, 0.2) is 0 Å². The fraction of sp³-hybridized carbons (Fsp3) is 0.469. The van der Waals surface area contributed by atoms with Crippen LogP contribution in [0.5, 0.6) is 0 Å². The van der Waals surface area contributed by atoms with Crippen LogP contribution in [-0.2, 0) is 24.7 Å². The third kappa shape index (κ3) is 5.57. The second kappa shape index (κ2) is 11.3. The van der Waals surface area contributed by atoms with Gasteiger partial charge in [0.1, 0.15) is 18.1 Å². The molecule has 0 aliphatic carbocycles. The first kappa shape index (κ1) is 32.1. The lowest BCUT2D eigenvalue weighted by Gasteiger charge is -2.38. The average molecular weight is 667 g/mol. The van der Waals surface area contributed by atoms with Gasteiger partial charge >= 0.3 is 5.97 Å². The van der Waals surface area contributed by atoms with E-state index in [4.69, 9.17) is 51.1 Å². The number of hydrogen-bond acceptors (Lipinski definition) is 5. The molecule has 3 aliphatic rings. The van der Waals surface area contributed by atoms with E-state index in [-0.39, 0.29) is 28.4 Å². The van der Waals surface area contributed by atoms with Gasteiger partial charge in [-0.2, -0.15) is 0 Å². The van der Waals surface area contributed by atoms with Crippen molar-refractivity contribution in [1.29, 1.82) is 0 Å². The first-order valence-electron chi connectivity index (χ1n) is 14.1. The van der Waals surface area contributed by atoms with Crippen LogP contribution in [0.3, 0.4) is 0 Å². The van der Waals surface area contributed by atoms with E-state index in [2.05, 4.69) is 25.7 Å². The molecule has 0 saturated carbocycles. The number of ether oxygens (including phenoxy) is 1. The van der Waals surface area contributed by atoms with Crippen molar-refractivity contribution in [3.05, 3.63) is 68.6 Å². The second-order valence-electron chi connectivity index (χ2n) is 13.6. The molecule has 2 fully saturated rings. The molecule has 3 aliphatic heterocycles. The van der Waals surface area contributed by atoms with Gasteiger partial charge in [-0.15, -0.1) is 0 Å². The number of nitrogens with zero attached hydrogens (tertiary/aromatic N) is 2. The summed E-state index contributed by atoms with van der Waals surface area (Å²) < 4.78 is 5.67. The third-order valence-electron chi connectivity index (χ3n) is 8.43. The van der Waals surface area contributed by atoms with Crippen molar-refractivity contribution in [1.82, 2.24) is 4.90 Å². The number of carbonyl (C=O) groups is 3. The number of hydrogen-bond donors (Lipinski definition) is 1. The van der Waals surface area contributed by atoms with Gasteiger partial charge < -0.3 is 15.0 Å². The Morgan fingerprint density at radius 3 is 2.33 bits per heavy atom. The number of benzene rings is 2. The Labute approximate surface area is 272 Å². The molecule has 2 amide bonds. The molecule has 0 radical (unpaired) electrons. The van der Waals surface area contributed by atoms with Crippen molar-refractivity contribution in [2.75, 3.05) is 29.9 Å². The van der Waals surface area contributed by atoms with Gasteiger partial charge in [0.2, 0.25) is 5.91 Å². The number of halogens is 4. The van der Waals surface area contributed by atoms with Gasteiger partial charge in [0.25, 0.3) is 5.91 Å². The standard InChI is InChI=1S/C32H35Cl4N3O4/c1-7-8-43-28(41)25-24(27(40)38(15-30(2,3)4)20-10-17(33)9-18(34)11-20)23-14-31(5,6)16-39(23)32(25)21-12-19(35)13-22(36)26(21)37-29(32)42/h7,9-13,23-25H,1,8,14-16H2,2-6H3,(H,37,42). The summed E-state index contributed by atoms with van der Waals surface area (Å²) in [5, 5.41) is 4.22. The van der Waals surface area contributed by atoms with Crippen molar-refractivity contribution >= 4 is 75.6 Å². The largest absolute Gasteiger partial charge is 0.461 e. The van der Waals surface area contributed by atoms with Crippen LogP contribution in [0.25, 0.3) is 0 Å². The first-order chi connectivity index (χ1) is 20.0. The van der Waals surface area contributed by atoms with Crippen molar-refractivity contribution in [2.24, 2.45) is 22.7 Å². The minimum Gasteiger partial charge on any atom is -0.461 e. The van der Waals surface area contributed by atoms with Gasteiger partial charge in [0.05, 0.1) is 16.6 Å². The van der Waals surface area contributed by atoms with E-state index in [0.29, 0.717) is 51.5 Å². The topological polar surface area (TPSA) is 79.0 Å². The summed E-state index contributed by atoms with van der Waals surface area (Å²) in [5.74, 6) is -3.63. The van der Waals surface area contributed by atoms with Crippen LogP contribution in [0, 0.1) is 22.7 Å². The fourth-order valence-electron chi connectivity index (χ4n) is 7.11. The molecule has 0 bridgehead atoms. The van der Waals surface area contributed by atoms with Gasteiger partial charge in [-0.3, -0.25) is 19.3 Å². The lowest BCUT2D eigenvalue weighted by atomic mass is 9.71. The highest BCUT2D eigenvalue weighted by molar-refractivity contribution is 6.38. The quantitative estimate of drug-likeness (QED) is 0.254. The molecule has 43 heavy (non-hydrogen) atoms. The Hall–Kier alpha value is -2.29. The summed E-state index contributed by atoms with van der Waals surface area (Å²) >= 11 is 25.9. The average Bonchev–Trinajstić information content (AvgIpc) is 3.45. The molecule has 2 saturated heterocycles. The molecule has 4 atom stereocenters. The Bertz CT molecular complexity index is 1500. The molecule has 11 heteroatoms. The summed E-state index contributed by atoms with van der Waals surface area (Å²) in [7, 11) is 0. The first-order valence-corrected chi connectivity index (χ1v) is 15.6. The number of amides is 2. The van der Waals surface area contributed by atoms with E-state index in [1.54, 1.807) is 35.2 Å². The minimum atomic E-state index is -1.58. The van der Waals surface area contributed by atoms with Crippen LogP contribution in [-0.4, -0.2) is 48.4 Å². The van der Waals surface area contributed by atoms with Crippen molar-refractivity contribution in [2.45, 2.75) is 52.6 Å². The number of anilines is 2. The zero-order valence-electron chi connectivity index (χ0n) is 24.8. The highest BCUT2D eigenvalue weighted by Gasteiger charge is 2.73. The molecule has 230 valence electrons. The molecular weight excluding hydrogens is 632 g/mol.